The third-order valence-electron chi connectivity index (χ3n) is 6.51. The van der Waals surface area contributed by atoms with Crippen molar-refractivity contribution < 1.29 is 19.0 Å². The van der Waals surface area contributed by atoms with Gasteiger partial charge in [0.2, 0.25) is 5.91 Å². The summed E-state index contributed by atoms with van der Waals surface area (Å²) in [4.78, 5) is 17.4. The van der Waals surface area contributed by atoms with E-state index in [9.17, 15) is 4.79 Å². The second-order valence-electron chi connectivity index (χ2n) is 9.36. The largest absolute Gasteiger partial charge is 0.494 e. The third-order valence-corrected chi connectivity index (χ3v) is 6.51. The van der Waals surface area contributed by atoms with Crippen LogP contribution in [0.4, 0.5) is 0 Å². The van der Waals surface area contributed by atoms with Crippen molar-refractivity contribution in [2.45, 2.75) is 45.6 Å². The zero-order valence-corrected chi connectivity index (χ0v) is 22.5. The van der Waals surface area contributed by atoms with Gasteiger partial charge in [-0.05, 0) is 68.1 Å². The highest BCUT2D eigenvalue weighted by molar-refractivity contribution is 5.79. The minimum absolute atomic E-state index is 0.0145. The molecule has 1 aromatic heterocycles. The molecule has 0 spiro atoms. The number of imidazole rings is 1. The number of carbonyl (C=O) groups excluding carboxylic acids is 1. The van der Waals surface area contributed by atoms with Crippen LogP contribution in [-0.4, -0.2) is 42.8 Å². The van der Waals surface area contributed by atoms with E-state index in [1.165, 1.54) is 5.56 Å². The number of benzene rings is 3. The first-order valence-electron chi connectivity index (χ1n) is 13.2. The summed E-state index contributed by atoms with van der Waals surface area (Å²) in [5, 5.41) is 3.04. The highest BCUT2D eigenvalue weighted by atomic mass is 16.5. The molecule has 0 radical (unpaired) electrons. The van der Waals surface area contributed by atoms with Crippen LogP contribution in [0.1, 0.15) is 36.2 Å². The van der Waals surface area contributed by atoms with E-state index in [2.05, 4.69) is 47.1 Å². The molecule has 0 aliphatic heterocycles. The van der Waals surface area contributed by atoms with Crippen molar-refractivity contribution in [2.24, 2.45) is 0 Å². The van der Waals surface area contributed by atoms with Crippen molar-refractivity contribution in [2.75, 3.05) is 27.4 Å². The van der Waals surface area contributed by atoms with Crippen LogP contribution in [0.3, 0.4) is 0 Å². The molecular formula is C31H37N3O4. The zero-order valence-electron chi connectivity index (χ0n) is 22.5. The second-order valence-corrected chi connectivity index (χ2v) is 9.36. The highest BCUT2D eigenvalue weighted by Gasteiger charge is 2.11. The number of nitrogens with one attached hydrogen (secondary N) is 1. The molecule has 200 valence electrons. The van der Waals surface area contributed by atoms with Gasteiger partial charge in [0.15, 0.2) is 11.5 Å². The van der Waals surface area contributed by atoms with E-state index in [1.807, 2.05) is 36.4 Å². The number of aromatic nitrogens is 2. The topological polar surface area (TPSA) is 74.6 Å². The number of ether oxygens (including phenoxy) is 3. The van der Waals surface area contributed by atoms with E-state index in [-0.39, 0.29) is 5.91 Å². The van der Waals surface area contributed by atoms with Crippen molar-refractivity contribution in [1.82, 2.24) is 14.9 Å². The lowest BCUT2D eigenvalue weighted by Gasteiger charge is -2.11. The maximum Gasteiger partial charge on any atom is 0.224 e. The van der Waals surface area contributed by atoms with Crippen LogP contribution >= 0.6 is 0 Å². The van der Waals surface area contributed by atoms with Crippen LogP contribution in [-0.2, 0) is 24.2 Å². The van der Waals surface area contributed by atoms with Gasteiger partial charge in [0.05, 0.1) is 38.3 Å². The van der Waals surface area contributed by atoms with Gasteiger partial charge in [-0.25, -0.2) is 4.98 Å². The maximum absolute atomic E-state index is 12.5. The number of rotatable bonds is 14. The van der Waals surface area contributed by atoms with Crippen molar-refractivity contribution in [3.8, 4) is 17.2 Å². The molecule has 1 amide bonds. The highest BCUT2D eigenvalue weighted by Crippen LogP contribution is 2.27. The average Bonchev–Trinajstić information content (AvgIpc) is 3.29. The van der Waals surface area contributed by atoms with Crippen molar-refractivity contribution in [1.29, 1.82) is 0 Å². The van der Waals surface area contributed by atoms with Crippen molar-refractivity contribution in [3.63, 3.8) is 0 Å². The van der Waals surface area contributed by atoms with Crippen LogP contribution in [0.25, 0.3) is 11.0 Å². The Balaban J connectivity index is 1.25. The van der Waals surface area contributed by atoms with Crippen LogP contribution < -0.4 is 19.5 Å². The monoisotopic (exact) mass is 515 g/mol. The van der Waals surface area contributed by atoms with E-state index in [4.69, 9.17) is 19.2 Å². The predicted octanol–water partition coefficient (Wildman–Crippen LogP) is 5.51. The Morgan fingerprint density at radius 2 is 1.71 bits per heavy atom. The lowest BCUT2D eigenvalue weighted by atomic mass is 10.1. The molecule has 7 nitrogen and oxygen atoms in total. The molecule has 3 aromatic carbocycles. The Morgan fingerprint density at radius 1 is 0.921 bits per heavy atom. The number of hydrogen-bond donors (Lipinski definition) is 1. The number of fused-ring (bicyclic) bond motifs is 1. The number of hydrogen-bond acceptors (Lipinski definition) is 5. The number of aryl methyl sites for hydroxylation is 3. The number of unbranched alkanes of at least 4 members (excludes halogenated alkanes) is 1. The molecule has 0 aliphatic carbocycles. The number of carbonyl (C=O) groups is 1. The molecule has 7 heteroatoms. The predicted molar refractivity (Wildman–Crippen MR) is 150 cm³/mol. The minimum Gasteiger partial charge on any atom is -0.494 e. The summed E-state index contributed by atoms with van der Waals surface area (Å²) >= 11 is 0. The van der Waals surface area contributed by atoms with Gasteiger partial charge in [-0.1, -0.05) is 35.9 Å². The van der Waals surface area contributed by atoms with Crippen molar-refractivity contribution >= 4 is 16.9 Å². The minimum atomic E-state index is -0.0145. The number of amides is 1. The molecule has 0 atom stereocenters. The SMILES string of the molecule is COc1ccc(CC(=O)NCCCc2nc3ccccc3n2CCCCOc2ccc(C)cc2)cc1OC. The van der Waals surface area contributed by atoms with Crippen LogP contribution in [0.2, 0.25) is 0 Å². The molecule has 38 heavy (non-hydrogen) atoms. The van der Waals surface area contributed by atoms with Gasteiger partial charge in [-0.15, -0.1) is 0 Å². The lowest BCUT2D eigenvalue weighted by Crippen LogP contribution is -2.26. The first kappa shape index (κ1) is 27.0. The Hall–Kier alpha value is -4.00. The molecule has 4 rings (SSSR count). The standard InChI is InChI=1S/C31H37N3O4/c1-23-12-15-25(16-13-23)38-20-7-6-19-34-27-10-5-4-9-26(27)33-30(34)11-8-18-32-31(35)22-24-14-17-28(36-2)29(21-24)37-3/h4-5,9-10,12-17,21H,6-8,11,18-20,22H2,1-3H3,(H,32,35). The number of para-hydroxylation sites is 2. The molecule has 1 heterocycles. The molecule has 0 unspecified atom stereocenters. The Morgan fingerprint density at radius 3 is 2.50 bits per heavy atom. The van der Waals surface area contributed by atoms with Crippen LogP contribution in [0.15, 0.2) is 66.7 Å². The third kappa shape index (κ3) is 7.28. The summed E-state index contributed by atoms with van der Waals surface area (Å²) in [7, 11) is 3.19. The molecule has 0 saturated heterocycles. The zero-order chi connectivity index (χ0) is 26.7. The Labute approximate surface area is 224 Å². The Bertz CT molecular complexity index is 1330. The molecular weight excluding hydrogens is 478 g/mol. The van der Waals surface area contributed by atoms with Gasteiger partial charge < -0.3 is 24.1 Å². The number of methoxy groups -OCH3 is 2. The summed E-state index contributed by atoms with van der Waals surface area (Å²) in [6.45, 7) is 4.25. The molecule has 4 aromatic rings. The second kappa shape index (κ2) is 13.5. The molecule has 0 fully saturated rings. The van der Waals surface area contributed by atoms with Crippen LogP contribution in [0.5, 0.6) is 17.2 Å². The Kier molecular flexibility index (Phi) is 9.62. The molecule has 0 aliphatic rings. The molecule has 0 saturated carbocycles. The lowest BCUT2D eigenvalue weighted by molar-refractivity contribution is -0.120. The fourth-order valence-electron chi connectivity index (χ4n) is 4.48. The van der Waals surface area contributed by atoms with Gasteiger partial charge in [-0.3, -0.25) is 4.79 Å². The van der Waals surface area contributed by atoms with Gasteiger partial charge in [-0.2, -0.15) is 0 Å². The first-order chi connectivity index (χ1) is 18.6. The van der Waals surface area contributed by atoms with Gasteiger partial charge in [0, 0.05) is 19.5 Å². The van der Waals surface area contributed by atoms with Gasteiger partial charge in [0.25, 0.3) is 0 Å². The first-order valence-corrected chi connectivity index (χ1v) is 13.2. The smallest absolute Gasteiger partial charge is 0.224 e. The van der Waals surface area contributed by atoms with E-state index >= 15 is 0 Å². The fourth-order valence-corrected chi connectivity index (χ4v) is 4.48. The number of nitrogens with zero attached hydrogens (tertiary/aromatic N) is 2. The summed E-state index contributed by atoms with van der Waals surface area (Å²) in [5.74, 6) is 3.23. The van der Waals surface area contributed by atoms with Crippen molar-refractivity contribution in [3.05, 3.63) is 83.7 Å². The summed E-state index contributed by atoms with van der Waals surface area (Å²) in [6, 6.07) is 22.0. The maximum atomic E-state index is 12.5. The van der Waals surface area contributed by atoms with E-state index in [0.29, 0.717) is 31.1 Å². The van der Waals surface area contributed by atoms with Gasteiger partial charge >= 0.3 is 0 Å². The van der Waals surface area contributed by atoms with E-state index in [1.54, 1.807) is 14.2 Å². The van der Waals surface area contributed by atoms with E-state index < -0.39 is 0 Å². The quantitative estimate of drug-likeness (QED) is 0.224. The average molecular weight is 516 g/mol. The normalized spacial score (nSPS) is 10.9. The summed E-state index contributed by atoms with van der Waals surface area (Å²) < 4.78 is 18.8. The summed E-state index contributed by atoms with van der Waals surface area (Å²) in [5.41, 5.74) is 4.28. The van der Waals surface area contributed by atoms with Crippen LogP contribution in [0, 0.1) is 6.92 Å². The van der Waals surface area contributed by atoms with E-state index in [0.717, 1.165) is 60.4 Å². The molecule has 1 N–H and O–H groups in total. The molecule has 0 bridgehead atoms. The summed E-state index contributed by atoms with van der Waals surface area (Å²) in [6.07, 6.45) is 3.87. The fraction of sp³-hybridized carbons (Fsp3) is 0.355. The van der Waals surface area contributed by atoms with Gasteiger partial charge in [0.1, 0.15) is 11.6 Å².